The van der Waals surface area contributed by atoms with Crippen molar-refractivity contribution in [3.05, 3.63) is 81.0 Å². The number of benzene rings is 2. The maximum Gasteiger partial charge on any atom is 0.232 e. The molecule has 1 unspecified atom stereocenters. The van der Waals surface area contributed by atoms with Crippen molar-refractivity contribution >= 4 is 39.1 Å². The average molecular weight is 502 g/mol. The Kier molecular flexibility index (Phi) is 6.21. The Morgan fingerprint density at radius 1 is 1.13 bits per heavy atom. The van der Waals surface area contributed by atoms with Crippen molar-refractivity contribution < 1.29 is 14.3 Å². The summed E-state index contributed by atoms with van der Waals surface area (Å²) in [6.07, 6.45) is 1.94. The topological polar surface area (TPSA) is 51.7 Å². The molecule has 2 heterocycles. The van der Waals surface area contributed by atoms with Gasteiger partial charge in [0.2, 0.25) is 5.91 Å². The van der Waals surface area contributed by atoms with Gasteiger partial charge in [-0.2, -0.15) is 0 Å². The standard InChI is InChI=1S/C24H22BrClN2O3/c1-14(2)31-21-12-19-16(10-20(21)30-3)11-23(29)28(18-8-9-22(25)27-13-18)24(19)15-4-6-17(26)7-5-15/h4-10,12-14,24H,11H2,1-3H3. The van der Waals surface area contributed by atoms with Crippen molar-refractivity contribution in [2.45, 2.75) is 32.4 Å². The third kappa shape index (κ3) is 4.41. The van der Waals surface area contributed by atoms with E-state index in [-0.39, 0.29) is 24.5 Å². The number of hydrogen-bond donors (Lipinski definition) is 0. The van der Waals surface area contributed by atoms with E-state index < -0.39 is 0 Å². The van der Waals surface area contributed by atoms with Gasteiger partial charge in [0, 0.05) is 5.02 Å². The Bertz CT molecular complexity index is 1100. The summed E-state index contributed by atoms with van der Waals surface area (Å²) >= 11 is 9.51. The SMILES string of the molecule is COc1cc2c(cc1OC(C)C)C(c1ccc(Cl)cc1)N(c1ccc(Br)nc1)C(=O)C2. The minimum absolute atomic E-state index is 0.0158. The molecule has 0 saturated carbocycles. The third-order valence-corrected chi connectivity index (χ3v) is 5.85. The van der Waals surface area contributed by atoms with Crippen molar-refractivity contribution in [1.82, 2.24) is 4.98 Å². The van der Waals surface area contributed by atoms with Crippen LogP contribution in [0.3, 0.4) is 0 Å². The zero-order valence-corrected chi connectivity index (χ0v) is 19.8. The number of pyridine rings is 1. The van der Waals surface area contributed by atoms with Crippen LogP contribution in [0.4, 0.5) is 5.69 Å². The lowest BCUT2D eigenvalue weighted by atomic mass is 9.87. The number of anilines is 1. The van der Waals surface area contributed by atoms with Gasteiger partial charge in [-0.3, -0.25) is 9.69 Å². The second-order valence-electron chi connectivity index (χ2n) is 7.60. The van der Waals surface area contributed by atoms with Crippen LogP contribution in [0.25, 0.3) is 0 Å². The van der Waals surface area contributed by atoms with E-state index in [1.807, 2.05) is 62.4 Å². The molecule has 31 heavy (non-hydrogen) atoms. The molecule has 3 aromatic rings. The van der Waals surface area contributed by atoms with Gasteiger partial charge in [0.25, 0.3) is 0 Å². The monoisotopic (exact) mass is 500 g/mol. The first kappa shape index (κ1) is 21.7. The van der Waals surface area contributed by atoms with Crippen LogP contribution in [0.1, 0.15) is 36.6 Å². The molecular formula is C24H22BrClN2O3. The zero-order chi connectivity index (χ0) is 22.1. The highest BCUT2D eigenvalue weighted by molar-refractivity contribution is 9.10. The predicted molar refractivity (Wildman–Crippen MR) is 125 cm³/mol. The Balaban J connectivity index is 1.92. The fourth-order valence-electron chi connectivity index (χ4n) is 3.84. The lowest BCUT2D eigenvalue weighted by Crippen LogP contribution is -2.41. The average Bonchev–Trinajstić information content (AvgIpc) is 2.74. The van der Waals surface area contributed by atoms with E-state index in [1.165, 1.54) is 0 Å². The molecule has 160 valence electrons. The van der Waals surface area contributed by atoms with Gasteiger partial charge in [-0.1, -0.05) is 23.7 Å². The zero-order valence-electron chi connectivity index (χ0n) is 17.4. The molecule has 4 rings (SSSR count). The van der Waals surface area contributed by atoms with Gasteiger partial charge in [-0.15, -0.1) is 0 Å². The predicted octanol–water partition coefficient (Wildman–Crippen LogP) is 5.97. The lowest BCUT2D eigenvalue weighted by molar-refractivity contribution is -0.118. The summed E-state index contributed by atoms with van der Waals surface area (Å²) in [5, 5.41) is 0.640. The fourth-order valence-corrected chi connectivity index (χ4v) is 4.20. The summed E-state index contributed by atoms with van der Waals surface area (Å²) in [7, 11) is 1.61. The number of methoxy groups -OCH3 is 1. The van der Waals surface area contributed by atoms with Gasteiger partial charge >= 0.3 is 0 Å². The molecule has 1 aliphatic rings. The van der Waals surface area contributed by atoms with Crippen LogP contribution in [-0.2, 0) is 11.2 Å². The smallest absolute Gasteiger partial charge is 0.232 e. The highest BCUT2D eigenvalue weighted by Gasteiger charge is 2.36. The first-order valence-electron chi connectivity index (χ1n) is 9.94. The summed E-state index contributed by atoms with van der Waals surface area (Å²) < 4.78 is 12.3. The first-order chi connectivity index (χ1) is 14.9. The van der Waals surface area contributed by atoms with Gasteiger partial charge in [-0.25, -0.2) is 4.98 Å². The number of carbonyl (C=O) groups excluding carboxylic acids is 1. The molecule has 5 nitrogen and oxygen atoms in total. The minimum atomic E-state index is -0.350. The maximum absolute atomic E-state index is 13.3. The van der Waals surface area contributed by atoms with Gasteiger partial charge in [0.15, 0.2) is 11.5 Å². The van der Waals surface area contributed by atoms with E-state index in [0.29, 0.717) is 21.1 Å². The van der Waals surface area contributed by atoms with Crippen molar-refractivity contribution in [3.8, 4) is 11.5 Å². The van der Waals surface area contributed by atoms with Crippen LogP contribution in [-0.4, -0.2) is 24.1 Å². The lowest BCUT2D eigenvalue weighted by Gasteiger charge is -2.38. The normalized spacial score (nSPS) is 15.7. The molecule has 0 fully saturated rings. The fraction of sp³-hybridized carbons (Fsp3) is 0.250. The Labute approximate surface area is 195 Å². The van der Waals surface area contributed by atoms with Crippen molar-refractivity contribution in [1.29, 1.82) is 0 Å². The van der Waals surface area contributed by atoms with Gasteiger partial charge in [0.1, 0.15) is 4.60 Å². The van der Waals surface area contributed by atoms with Crippen molar-refractivity contribution in [2.24, 2.45) is 0 Å². The molecule has 1 atom stereocenters. The van der Waals surface area contributed by atoms with Crippen molar-refractivity contribution in [3.63, 3.8) is 0 Å². The van der Waals surface area contributed by atoms with E-state index in [0.717, 1.165) is 22.4 Å². The van der Waals surface area contributed by atoms with Crippen LogP contribution in [0.15, 0.2) is 59.3 Å². The Morgan fingerprint density at radius 3 is 2.48 bits per heavy atom. The molecule has 7 heteroatoms. The van der Waals surface area contributed by atoms with Crippen LogP contribution in [0, 0.1) is 0 Å². The molecule has 0 bridgehead atoms. The van der Waals surface area contributed by atoms with Crippen LogP contribution in [0.5, 0.6) is 11.5 Å². The first-order valence-corrected chi connectivity index (χ1v) is 11.1. The summed E-state index contributed by atoms with van der Waals surface area (Å²) in [6.45, 7) is 3.94. The van der Waals surface area contributed by atoms with E-state index in [1.54, 1.807) is 18.2 Å². The molecule has 0 saturated heterocycles. The number of rotatable bonds is 5. The van der Waals surface area contributed by atoms with E-state index in [2.05, 4.69) is 20.9 Å². The molecule has 1 aromatic heterocycles. The highest BCUT2D eigenvalue weighted by Crippen LogP contribution is 2.43. The van der Waals surface area contributed by atoms with Crippen molar-refractivity contribution in [2.75, 3.05) is 12.0 Å². The van der Waals surface area contributed by atoms with E-state index >= 15 is 0 Å². The molecule has 0 spiro atoms. The molecule has 0 aliphatic carbocycles. The van der Waals surface area contributed by atoms with Gasteiger partial charge in [-0.05, 0) is 82.9 Å². The Hall–Kier alpha value is -2.57. The number of aromatic nitrogens is 1. The number of hydrogen-bond acceptors (Lipinski definition) is 4. The quantitative estimate of drug-likeness (QED) is 0.404. The van der Waals surface area contributed by atoms with E-state index in [9.17, 15) is 4.79 Å². The summed E-state index contributed by atoms with van der Waals surface area (Å²) in [5.41, 5.74) is 3.57. The number of halogens is 2. The second kappa shape index (κ2) is 8.89. The second-order valence-corrected chi connectivity index (χ2v) is 8.85. The Morgan fingerprint density at radius 2 is 1.87 bits per heavy atom. The van der Waals surface area contributed by atoms with Gasteiger partial charge in [0.05, 0.1) is 37.6 Å². The number of ether oxygens (including phenoxy) is 2. The number of carbonyl (C=O) groups is 1. The van der Waals surface area contributed by atoms with Crippen LogP contribution < -0.4 is 14.4 Å². The summed E-state index contributed by atoms with van der Waals surface area (Å²) in [6, 6.07) is 14.8. The van der Waals surface area contributed by atoms with Gasteiger partial charge < -0.3 is 9.47 Å². The molecule has 2 aromatic carbocycles. The van der Waals surface area contributed by atoms with Crippen LogP contribution in [0.2, 0.25) is 5.02 Å². The molecular weight excluding hydrogens is 480 g/mol. The highest BCUT2D eigenvalue weighted by atomic mass is 79.9. The molecule has 1 amide bonds. The molecule has 0 N–H and O–H groups in total. The minimum Gasteiger partial charge on any atom is -0.493 e. The molecule has 1 aliphatic heterocycles. The number of fused-ring (bicyclic) bond motifs is 1. The number of nitrogens with zero attached hydrogens (tertiary/aromatic N) is 2. The van der Waals surface area contributed by atoms with Crippen LogP contribution >= 0.6 is 27.5 Å². The third-order valence-electron chi connectivity index (χ3n) is 5.13. The summed E-state index contributed by atoms with van der Waals surface area (Å²) in [5.74, 6) is 1.25. The maximum atomic E-state index is 13.3. The largest absolute Gasteiger partial charge is 0.493 e. The van der Waals surface area contributed by atoms with E-state index in [4.69, 9.17) is 21.1 Å². The number of amides is 1. The summed E-state index contributed by atoms with van der Waals surface area (Å²) in [4.78, 5) is 19.5. The molecule has 0 radical (unpaired) electrons.